The SMILES string of the molecule is CC(C)(C)[Si](C)(C)O[C@@H]1CCN(C(=O)O)[C@]1(C)C(=O)O. The van der Waals surface area contributed by atoms with Crippen molar-refractivity contribution < 1.29 is 24.2 Å². The zero-order chi connectivity index (χ0) is 15.9. The third-order valence-corrected chi connectivity index (χ3v) is 9.20. The lowest BCUT2D eigenvalue weighted by Crippen LogP contribution is -2.59. The first-order valence-corrected chi connectivity index (χ1v) is 9.66. The Kier molecular flexibility index (Phi) is 4.27. The molecule has 1 fully saturated rings. The van der Waals surface area contributed by atoms with Crippen LogP contribution in [0.4, 0.5) is 4.79 Å². The van der Waals surface area contributed by atoms with Crippen molar-refractivity contribution in [2.24, 2.45) is 0 Å². The van der Waals surface area contributed by atoms with Crippen LogP contribution in [0.15, 0.2) is 0 Å². The molecule has 0 radical (unpaired) electrons. The zero-order valence-electron chi connectivity index (χ0n) is 13.1. The molecule has 0 aromatic carbocycles. The number of rotatable bonds is 3. The summed E-state index contributed by atoms with van der Waals surface area (Å²) < 4.78 is 6.17. The molecule has 2 N–H and O–H groups in total. The predicted octanol–water partition coefficient (Wildman–Crippen LogP) is 2.60. The van der Waals surface area contributed by atoms with Crippen LogP contribution in [0.5, 0.6) is 0 Å². The van der Waals surface area contributed by atoms with Gasteiger partial charge in [0.05, 0.1) is 6.10 Å². The monoisotopic (exact) mass is 303 g/mol. The maximum Gasteiger partial charge on any atom is 0.408 e. The number of carboxylic acids is 1. The van der Waals surface area contributed by atoms with Gasteiger partial charge >= 0.3 is 12.1 Å². The van der Waals surface area contributed by atoms with Crippen LogP contribution in [0, 0.1) is 0 Å². The molecular formula is C13H25NO5Si. The van der Waals surface area contributed by atoms with Crippen molar-refractivity contribution in [3.8, 4) is 0 Å². The smallest absolute Gasteiger partial charge is 0.408 e. The quantitative estimate of drug-likeness (QED) is 0.783. The number of carbonyl (C=O) groups is 2. The summed E-state index contributed by atoms with van der Waals surface area (Å²) in [6.07, 6.45) is -1.39. The maximum atomic E-state index is 11.6. The number of carboxylic acid groups (broad SMARTS) is 2. The highest BCUT2D eigenvalue weighted by molar-refractivity contribution is 6.74. The van der Waals surface area contributed by atoms with E-state index in [1.54, 1.807) is 0 Å². The molecule has 1 aliphatic rings. The molecule has 0 saturated carbocycles. The van der Waals surface area contributed by atoms with Gasteiger partial charge in [0.15, 0.2) is 13.9 Å². The van der Waals surface area contributed by atoms with Gasteiger partial charge in [-0.05, 0) is 31.5 Å². The Morgan fingerprint density at radius 2 is 1.80 bits per heavy atom. The Bertz CT molecular complexity index is 417. The van der Waals surface area contributed by atoms with Gasteiger partial charge in [-0.15, -0.1) is 0 Å². The van der Waals surface area contributed by atoms with Gasteiger partial charge < -0.3 is 14.6 Å². The highest BCUT2D eigenvalue weighted by Gasteiger charge is 2.56. The van der Waals surface area contributed by atoms with E-state index in [9.17, 15) is 19.8 Å². The van der Waals surface area contributed by atoms with E-state index in [4.69, 9.17) is 4.43 Å². The van der Waals surface area contributed by atoms with Gasteiger partial charge in [-0.2, -0.15) is 0 Å². The molecule has 116 valence electrons. The first kappa shape index (κ1) is 17.0. The molecule has 7 heteroatoms. The normalized spacial score (nSPS) is 27.7. The standard InChI is InChI=1S/C13H25NO5Si/c1-12(2,3)20(5,6)19-9-7-8-14(11(17)18)13(9,4)10(15)16/h9H,7-8H2,1-6H3,(H,15,16)(H,17,18)/t9-,13+/m1/s1. The van der Waals surface area contributed by atoms with Gasteiger partial charge in [0.25, 0.3) is 0 Å². The van der Waals surface area contributed by atoms with E-state index in [0.29, 0.717) is 6.42 Å². The summed E-state index contributed by atoms with van der Waals surface area (Å²) in [5.41, 5.74) is -1.51. The number of amides is 1. The minimum Gasteiger partial charge on any atom is -0.479 e. The minimum absolute atomic E-state index is 0.0525. The van der Waals surface area contributed by atoms with Crippen LogP contribution in [-0.2, 0) is 9.22 Å². The fourth-order valence-electron chi connectivity index (χ4n) is 2.19. The third-order valence-electron chi connectivity index (χ3n) is 4.71. The summed E-state index contributed by atoms with van der Waals surface area (Å²) in [6, 6.07) is 0. The summed E-state index contributed by atoms with van der Waals surface area (Å²) in [6.45, 7) is 11.9. The van der Waals surface area contributed by atoms with E-state index in [1.165, 1.54) is 6.92 Å². The average molecular weight is 303 g/mol. The number of aliphatic carboxylic acids is 1. The van der Waals surface area contributed by atoms with Crippen LogP contribution < -0.4 is 0 Å². The fourth-order valence-corrected chi connectivity index (χ4v) is 3.60. The zero-order valence-corrected chi connectivity index (χ0v) is 14.1. The fraction of sp³-hybridized carbons (Fsp3) is 0.846. The summed E-state index contributed by atoms with van der Waals surface area (Å²) in [5.74, 6) is -1.15. The third kappa shape index (κ3) is 2.69. The summed E-state index contributed by atoms with van der Waals surface area (Å²) >= 11 is 0. The molecule has 0 aromatic heterocycles. The van der Waals surface area contributed by atoms with E-state index in [1.807, 2.05) is 13.1 Å². The summed E-state index contributed by atoms with van der Waals surface area (Å²) in [4.78, 5) is 23.8. The summed E-state index contributed by atoms with van der Waals surface area (Å²) in [7, 11) is -2.15. The second kappa shape index (κ2) is 5.03. The molecule has 1 aliphatic heterocycles. The number of nitrogens with zero attached hydrogens (tertiary/aromatic N) is 1. The Morgan fingerprint density at radius 3 is 2.15 bits per heavy atom. The van der Waals surface area contributed by atoms with Crippen molar-refractivity contribution >= 4 is 20.4 Å². The molecule has 0 spiro atoms. The van der Waals surface area contributed by atoms with Gasteiger partial charge in [0.1, 0.15) is 0 Å². The number of hydrogen-bond donors (Lipinski definition) is 2. The van der Waals surface area contributed by atoms with E-state index in [0.717, 1.165) is 4.90 Å². The second-order valence-electron chi connectivity index (χ2n) is 7.04. The number of likely N-dealkylation sites (tertiary alicyclic amines) is 1. The predicted molar refractivity (Wildman–Crippen MR) is 77.5 cm³/mol. The maximum absolute atomic E-state index is 11.6. The van der Waals surface area contributed by atoms with Crippen molar-refractivity contribution in [2.75, 3.05) is 6.54 Å². The van der Waals surface area contributed by atoms with Crippen molar-refractivity contribution in [1.29, 1.82) is 0 Å². The van der Waals surface area contributed by atoms with E-state index in [-0.39, 0.29) is 11.6 Å². The molecule has 0 unspecified atom stereocenters. The van der Waals surface area contributed by atoms with Crippen molar-refractivity contribution in [2.45, 2.75) is 63.9 Å². The molecule has 1 heterocycles. The van der Waals surface area contributed by atoms with E-state index in [2.05, 4.69) is 20.8 Å². The molecule has 0 bridgehead atoms. The molecule has 0 aliphatic carbocycles. The van der Waals surface area contributed by atoms with Crippen molar-refractivity contribution in [1.82, 2.24) is 4.90 Å². The Morgan fingerprint density at radius 1 is 1.30 bits per heavy atom. The molecule has 1 saturated heterocycles. The topological polar surface area (TPSA) is 87.1 Å². The van der Waals surface area contributed by atoms with Gasteiger partial charge in [-0.1, -0.05) is 20.8 Å². The number of hydrogen-bond acceptors (Lipinski definition) is 3. The molecular weight excluding hydrogens is 278 g/mol. The molecule has 1 amide bonds. The van der Waals surface area contributed by atoms with E-state index >= 15 is 0 Å². The molecule has 0 aromatic rings. The largest absolute Gasteiger partial charge is 0.479 e. The average Bonchev–Trinajstić information content (AvgIpc) is 2.55. The van der Waals surface area contributed by atoms with Crippen LogP contribution in [0.25, 0.3) is 0 Å². The van der Waals surface area contributed by atoms with Crippen LogP contribution in [0.1, 0.15) is 34.1 Å². The van der Waals surface area contributed by atoms with Crippen LogP contribution in [0.3, 0.4) is 0 Å². The Hall–Kier alpha value is -1.08. The Balaban J connectivity index is 3.08. The first-order chi connectivity index (χ1) is 8.84. The van der Waals surface area contributed by atoms with Crippen molar-refractivity contribution in [3.05, 3.63) is 0 Å². The molecule has 20 heavy (non-hydrogen) atoms. The molecule has 2 atom stereocenters. The lowest BCUT2D eigenvalue weighted by Gasteiger charge is -2.42. The highest BCUT2D eigenvalue weighted by atomic mass is 28.4. The first-order valence-electron chi connectivity index (χ1n) is 6.76. The van der Waals surface area contributed by atoms with Crippen LogP contribution >= 0.6 is 0 Å². The second-order valence-corrected chi connectivity index (χ2v) is 11.8. The van der Waals surface area contributed by atoms with Crippen LogP contribution in [0.2, 0.25) is 18.1 Å². The van der Waals surface area contributed by atoms with E-state index < -0.39 is 32.0 Å². The lowest BCUT2D eigenvalue weighted by molar-refractivity contribution is -0.151. The van der Waals surface area contributed by atoms with Gasteiger partial charge in [-0.25, -0.2) is 9.59 Å². The van der Waals surface area contributed by atoms with Gasteiger partial charge in [0, 0.05) is 6.54 Å². The Labute approximate surface area is 120 Å². The van der Waals surface area contributed by atoms with Crippen LogP contribution in [-0.4, -0.2) is 53.7 Å². The summed E-state index contributed by atoms with van der Waals surface area (Å²) in [5, 5.41) is 18.6. The highest BCUT2D eigenvalue weighted by Crippen LogP contribution is 2.41. The van der Waals surface area contributed by atoms with Crippen molar-refractivity contribution in [3.63, 3.8) is 0 Å². The van der Waals surface area contributed by atoms with Gasteiger partial charge in [0.2, 0.25) is 0 Å². The molecule has 6 nitrogen and oxygen atoms in total. The molecule has 1 rings (SSSR count). The minimum atomic E-state index is -2.15. The lowest BCUT2D eigenvalue weighted by atomic mass is 9.96. The van der Waals surface area contributed by atoms with Gasteiger partial charge in [-0.3, -0.25) is 4.90 Å².